The van der Waals surface area contributed by atoms with Crippen molar-refractivity contribution in [1.82, 2.24) is 5.32 Å². The van der Waals surface area contributed by atoms with Crippen LogP contribution in [0.4, 0.5) is 4.39 Å². The number of halogens is 1. The molecule has 1 aromatic carbocycles. The SMILES string of the molecule is C[C@H](C(=O)NC[C@H](Cc1ccc(F)cc1)C(N)=O)S(C)(=O)=O. The normalized spacial score (nSPS) is 14.1. The van der Waals surface area contributed by atoms with E-state index in [4.69, 9.17) is 5.73 Å². The summed E-state index contributed by atoms with van der Waals surface area (Å²) in [4.78, 5) is 23.2. The van der Waals surface area contributed by atoms with Crippen molar-refractivity contribution >= 4 is 21.7 Å². The first-order valence-corrected chi connectivity index (χ1v) is 8.57. The molecule has 122 valence electrons. The zero-order valence-electron chi connectivity index (χ0n) is 12.4. The average Bonchev–Trinajstić information content (AvgIpc) is 2.42. The van der Waals surface area contributed by atoms with Gasteiger partial charge in [-0.25, -0.2) is 12.8 Å². The topological polar surface area (TPSA) is 106 Å². The number of sulfone groups is 1. The highest BCUT2D eigenvalue weighted by Gasteiger charge is 2.25. The molecule has 6 nitrogen and oxygen atoms in total. The number of hydrogen-bond acceptors (Lipinski definition) is 4. The molecular formula is C14H19FN2O4S. The molecule has 0 aromatic heterocycles. The predicted molar refractivity (Wildman–Crippen MR) is 80.1 cm³/mol. The fraction of sp³-hybridized carbons (Fsp3) is 0.429. The van der Waals surface area contributed by atoms with Crippen LogP contribution in [0.15, 0.2) is 24.3 Å². The Kier molecular flexibility index (Phi) is 6.04. The van der Waals surface area contributed by atoms with Crippen LogP contribution in [0, 0.1) is 11.7 Å². The molecule has 2 amide bonds. The number of carbonyl (C=O) groups excluding carboxylic acids is 2. The lowest BCUT2D eigenvalue weighted by molar-refractivity contribution is -0.123. The quantitative estimate of drug-likeness (QED) is 0.735. The molecule has 0 bridgehead atoms. The van der Waals surface area contributed by atoms with E-state index < -0.39 is 38.6 Å². The van der Waals surface area contributed by atoms with Crippen LogP contribution in [0.1, 0.15) is 12.5 Å². The van der Waals surface area contributed by atoms with E-state index >= 15 is 0 Å². The van der Waals surface area contributed by atoms with Gasteiger partial charge in [-0.3, -0.25) is 9.59 Å². The molecule has 0 unspecified atom stereocenters. The highest BCUT2D eigenvalue weighted by molar-refractivity contribution is 7.92. The molecule has 0 heterocycles. The summed E-state index contributed by atoms with van der Waals surface area (Å²) in [6.45, 7) is 1.19. The van der Waals surface area contributed by atoms with Crippen LogP contribution in [-0.4, -0.2) is 38.3 Å². The number of hydrogen-bond donors (Lipinski definition) is 2. The molecule has 22 heavy (non-hydrogen) atoms. The average molecular weight is 330 g/mol. The van der Waals surface area contributed by atoms with Crippen LogP contribution in [-0.2, 0) is 25.8 Å². The standard InChI is InChI=1S/C14H19FN2O4S/c1-9(22(2,20)21)14(19)17-8-11(13(16)18)7-10-3-5-12(15)6-4-10/h3-6,9,11H,7-8H2,1-2H3,(H2,16,18)(H,17,19)/t9-,11+/m1/s1. The number of primary amides is 1. The molecule has 0 aliphatic heterocycles. The van der Waals surface area contributed by atoms with Crippen LogP contribution in [0.3, 0.4) is 0 Å². The summed E-state index contributed by atoms with van der Waals surface area (Å²) in [5.41, 5.74) is 5.97. The Morgan fingerprint density at radius 3 is 2.27 bits per heavy atom. The van der Waals surface area contributed by atoms with E-state index in [0.29, 0.717) is 5.56 Å². The largest absolute Gasteiger partial charge is 0.369 e. The monoisotopic (exact) mass is 330 g/mol. The smallest absolute Gasteiger partial charge is 0.238 e. The summed E-state index contributed by atoms with van der Waals surface area (Å²) in [6, 6.07) is 5.56. The third-order valence-corrected chi connectivity index (χ3v) is 4.83. The van der Waals surface area contributed by atoms with Crippen molar-refractivity contribution in [2.24, 2.45) is 11.7 Å². The minimum Gasteiger partial charge on any atom is -0.369 e. The maximum Gasteiger partial charge on any atom is 0.238 e. The second kappa shape index (κ2) is 7.35. The Hall–Kier alpha value is -1.96. The van der Waals surface area contributed by atoms with Crippen LogP contribution >= 0.6 is 0 Å². The van der Waals surface area contributed by atoms with E-state index in [0.717, 1.165) is 6.26 Å². The number of nitrogens with two attached hydrogens (primary N) is 1. The van der Waals surface area contributed by atoms with Crippen molar-refractivity contribution in [3.8, 4) is 0 Å². The Morgan fingerprint density at radius 2 is 1.82 bits per heavy atom. The zero-order valence-corrected chi connectivity index (χ0v) is 13.2. The Bertz CT molecular complexity index is 643. The van der Waals surface area contributed by atoms with Gasteiger partial charge in [-0.05, 0) is 31.0 Å². The molecule has 0 saturated carbocycles. The minimum absolute atomic E-state index is 0.0780. The molecule has 1 aromatic rings. The fourth-order valence-corrected chi connectivity index (χ4v) is 2.21. The molecule has 0 radical (unpaired) electrons. The Morgan fingerprint density at radius 1 is 1.27 bits per heavy atom. The van der Waals surface area contributed by atoms with Crippen molar-refractivity contribution in [2.45, 2.75) is 18.6 Å². The number of nitrogens with one attached hydrogen (secondary N) is 1. The van der Waals surface area contributed by atoms with Crippen LogP contribution < -0.4 is 11.1 Å². The summed E-state index contributed by atoms with van der Waals surface area (Å²) < 4.78 is 35.4. The first-order chi connectivity index (χ1) is 10.1. The zero-order chi connectivity index (χ0) is 16.9. The van der Waals surface area contributed by atoms with E-state index in [-0.39, 0.29) is 13.0 Å². The number of carbonyl (C=O) groups is 2. The Labute approximate surface area is 128 Å². The highest BCUT2D eigenvalue weighted by Crippen LogP contribution is 2.10. The lowest BCUT2D eigenvalue weighted by Crippen LogP contribution is -2.42. The number of benzene rings is 1. The van der Waals surface area contributed by atoms with Gasteiger partial charge in [0.15, 0.2) is 9.84 Å². The van der Waals surface area contributed by atoms with Crippen LogP contribution in [0.2, 0.25) is 0 Å². The lowest BCUT2D eigenvalue weighted by Gasteiger charge is -2.16. The second-order valence-corrected chi connectivity index (χ2v) is 7.51. The Balaban J connectivity index is 2.67. The third-order valence-electron chi connectivity index (χ3n) is 3.33. The van der Waals surface area contributed by atoms with Gasteiger partial charge in [-0.2, -0.15) is 0 Å². The van der Waals surface area contributed by atoms with Gasteiger partial charge in [-0.15, -0.1) is 0 Å². The van der Waals surface area contributed by atoms with Gasteiger partial charge in [0, 0.05) is 12.8 Å². The van der Waals surface area contributed by atoms with Crippen molar-refractivity contribution in [3.63, 3.8) is 0 Å². The summed E-state index contributed by atoms with van der Waals surface area (Å²) in [7, 11) is -3.50. The van der Waals surface area contributed by atoms with Gasteiger partial charge in [0.25, 0.3) is 0 Å². The van der Waals surface area contributed by atoms with Gasteiger partial charge in [-0.1, -0.05) is 12.1 Å². The molecule has 0 saturated heterocycles. The van der Waals surface area contributed by atoms with Crippen LogP contribution in [0.25, 0.3) is 0 Å². The molecule has 2 atom stereocenters. The number of rotatable bonds is 7. The predicted octanol–water partition coefficient (Wildman–Crippen LogP) is 0.0190. The minimum atomic E-state index is -3.50. The molecular weight excluding hydrogens is 311 g/mol. The molecule has 0 fully saturated rings. The van der Waals surface area contributed by atoms with Crippen molar-refractivity contribution in [2.75, 3.05) is 12.8 Å². The van der Waals surface area contributed by atoms with E-state index in [2.05, 4.69) is 5.32 Å². The summed E-state index contributed by atoms with van der Waals surface area (Å²) in [5.74, 6) is -2.42. The van der Waals surface area contributed by atoms with Crippen molar-refractivity contribution in [1.29, 1.82) is 0 Å². The summed E-state index contributed by atoms with van der Waals surface area (Å²) in [6.07, 6.45) is 1.18. The van der Waals surface area contributed by atoms with Gasteiger partial charge in [0.2, 0.25) is 11.8 Å². The van der Waals surface area contributed by atoms with E-state index in [9.17, 15) is 22.4 Å². The molecule has 0 aliphatic carbocycles. The third kappa shape index (κ3) is 5.44. The molecule has 1 rings (SSSR count). The van der Waals surface area contributed by atoms with Gasteiger partial charge in [0.1, 0.15) is 11.1 Å². The molecule has 8 heteroatoms. The van der Waals surface area contributed by atoms with Crippen LogP contribution in [0.5, 0.6) is 0 Å². The van der Waals surface area contributed by atoms with Gasteiger partial charge in [0.05, 0.1) is 5.92 Å². The maximum atomic E-state index is 12.8. The van der Waals surface area contributed by atoms with Crippen molar-refractivity contribution in [3.05, 3.63) is 35.6 Å². The molecule has 0 aliphatic rings. The van der Waals surface area contributed by atoms with E-state index in [1.165, 1.54) is 31.2 Å². The number of amides is 2. The summed E-state index contributed by atoms with van der Waals surface area (Å²) >= 11 is 0. The lowest BCUT2D eigenvalue weighted by atomic mass is 9.98. The first kappa shape index (κ1) is 18.1. The second-order valence-electron chi connectivity index (χ2n) is 5.15. The van der Waals surface area contributed by atoms with Gasteiger partial charge >= 0.3 is 0 Å². The maximum absolute atomic E-state index is 12.8. The van der Waals surface area contributed by atoms with Gasteiger partial charge < -0.3 is 11.1 Å². The molecule has 3 N–H and O–H groups in total. The van der Waals surface area contributed by atoms with Crippen molar-refractivity contribution < 1.29 is 22.4 Å². The fourth-order valence-electron chi connectivity index (χ4n) is 1.74. The van der Waals surface area contributed by atoms with E-state index in [1.807, 2.05) is 0 Å². The summed E-state index contributed by atoms with van der Waals surface area (Å²) in [5, 5.41) is 1.21. The van der Waals surface area contributed by atoms with E-state index in [1.54, 1.807) is 0 Å². The molecule has 0 spiro atoms. The first-order valence-electron chi connectivity index (χ1n) is 6.61. The highest BCUT2D eigenvalue weighted by atomic mass is 32.2.